The molecule has 0 aromatic carbocycles. The zero-order valence-corrected chi connectivity index (χ0v) is 13.0. The van der Waals surface area contributed by atoms with Crippen molar-refractivity contribution < 1.29 is 4.79 Å². The highest BCUT2D eigenvalue weighted by atomic mass is 16.2. The number of nitrogens with zero attached hydrogens (tertiary/aromatic N) is 1. The van der Waals surface area contributed by atoms with Gasteiger partial charge in [-0.25, -0.2) is 0 Å². The molecule has 1 rings (SSSR count). The largest absolute Gasteiger partial charge is 0.353 e. The first kappa shape index (κ1) is 16.4. The zero-order chi connectivity index (χ0) is 14.4. The van der Waals surface area contributed by atoms with Gasteiger partial charge in [0.2, 0.25) is 5.91 Å². The molecular weight excluding hydrogens is 238 g/mol. The van der Waals surface area contributed by atoms with Crippen molar-refractivity contribution in [2.75, 3.05) is 19.6 Å². The molecule has 1 amide bonds. The molecule has 4 nitrogen and oxygen atoms in total. The van der Waals surface area contributed by atoms with Crippen molar-refractivity contribution in [1.82, 2.24) is 10.2 Å². The third kappa shape index (κ3) is 5.11. The molecule has 3 unspecified atom stereocenters. The Morgan fingerprint density at radius 3 is 2.63 bits per heavy atom. The number of carbonyl (C=O) groups is 1. The highest BCUT2D eigenvalue weighted by Crippen LogP contribution is 2.31. The number of rotatable bonds is 6. The summed E-state index contributed by atoms with van der Waals surface area (Å²) < 4.78 is 0. The summed E-state index contributed by atoms with van der Waals surface area (Å²) in [5, 5.41) is 2.98. The number of hydrogen-bond acceptors (Lipinski definition) is 3. The lowest BCUT2D eigenvalue weighted by Gasteiger charge is -2.41. The van der Waals surface area contributed by atoms with Gasteiger partial charge in [-0.1, -0.05) is 20.3 Å². The second kappa shape index (κ2) is 7.85. The lowest BCUT2D eigenvalue weighted by atomic mass is 9.78. The Labute approximate surface area is 118 Å². The Bertz CT molecular complexity index is 281. The maximum absolute atomic E-state index is 12.0. The van der Waals surface area contributed by atoms with Gasteiger partial charge in [-0.05, 0) is 51.6 Å². The SMILES string of the molecule is CCN(CC(=O)NC(C)C)C1CC(C)CCC1CN. The first-order valence-electron chi connectivity index (χ1n) is 7.71. The van der Waals surface area contributed by atoms with Crippen LogP contribution in [0.3, 0.4) is 0 Å². The van der Waals surface area contributed by atoms with Gasteiger partial charge in [-0.15, -0.1) is 0 Å². The fourth-order valence-corrected chi connectivity index (χ4v) is 3.15. The third-order valence-corrected chi connectivity index (χ3v) is 4.19. The van der Waals surface area contributed by atoms with Gasteiger partial charge in [0, 0.05) is 12.1 Å². The van der Waals surface area contributed by atoms with Crippen LogP contribution in [0.25, 0.3) is 0 Å². The summed E-state index contributed by atoms with van der Waals surface area (Å²) in [5.41, 5.74) is 5.92. The average molecular weight is 269 g/mol. The van der Waals surface area contributed by atoms with Crippen LogP contribution < -0.4 is 11.1 Å². The van der Waals surface area contributed by atoms with Crippen LogP contribution in [0.15, 0.2) is 0 Å². The van der Waals surface area contributed by atoms with Gasteiger partial charge in [0.1, 0.15) is 0 Å². The molecule has 0 bridgehead atoms. The number of carbonyl (C=O) groups excluding carboxylic acids is 1. The van der Waals surface area contributed by atoms with Crippen molar-refractivity contribution in [3.05, 3.63) is 0 Å². The van der Waals surface area contributed by atoms with Crippen molar-refractivity contribution in [2.24, 2.45) is 17.6 Å². The van der Waals surface area contributed by atoms with Crippen LogP contribution in [0.4, 0.5) is 0 Å². The van der Waals surface area contributed by atoms with E-state index < -0.39 is 0 Å². The second-order valence-electron chi connectivity index (χ2n) is 6.27. The van der Waals surface area contributed by atoms with Gasteiger partial charge in [0.25, 0.3) is 0 Å². The Balaban J connectivity index is 2.62. The predicted molar refractivity (Wildman–Crippen MR) is 79.9 cm³/mol. The third-order valence-electron chi connectivity index (χ3n) is 4.19. The summed E-state index contributed by atoms with van der Waals surface area (Å²) in [7, 11) is 0. The topological polar surface area (TPSA) is 58.4 Å². The lowest BCUT2D eigenvalue weighted by Crippen LogP contribution is -2.50. The molecule has 1 fully saturated rings. The van der Waals surface area contributed by atoms with Crippen molar-refractivity contribution in [2.45, 2.75) is 59.0 Å². The van der Waals surface area contributed by atoms with E-state index in [1.54, 1.807) is 0 Å². The highest BCUT2D eigenvalue weighted by molar-refractivity contribution is 5.78. The van der Waals surface area contributed by atoms with Crippen molar-refractivity contribution in [3.8, 4) is 0 Å². The molecule has 4 heteroatoms. The van der Waals surface area contributed by atoms with Crippen LogP contribution >= 0.6 is 0 Å². The molecule has 0 aliphatic heterocycles. The van der Waals surface area contributed by atoms with Crippen LogP contribution in [0.2, 0.25) is 0 Å². The lowest BCUT2D eigenvalue weighted by molar-refractivity contribution is -0.123. The highest BCUT2D eigenvalue weighted by Gasteiger charge is 2.32. The van der Waals surface area contributed by atoms with E-state index in [-0.39, 0.29) is 11.9 Å². The number of hydrogen-bond donors (Lipinski definition) is 2. The smallest absolute Gasteiger partial charge is 0.234 e. The van der Waals surface area contributed by atoms with Gasteiger partial charge in [-0.3, -0.25) is 9.69 Å². The molecule has 3 atom stereocenters. The first-order valence-corrected chi connectivity index (χ1v) is 7.71. The predicted octanol–water partition coefficient (Wildman–Crippen LogP) is 1.60. The zero-order valence-electron chi connectivity index (χ0n) is 13.0. The molecule has 19 heavy (non-hydrogen) atoms. The molecule has 0 aromatic rings. The molecule has 0 radical (unpaired) electrons. The summed E-state index contributed by atoms with van der Waals surface area (Å²) >= 11 is 0. The molecule has 1 aliphatic carbocycles. The van der Waals surface area contributed by atoms with Crippen molar-refractivity contribution in [1.29, 1.82) is 0 Å². The molecule has 1 saturated carbocycles. The van der Waals surface area contributed by atoms with Crippen LogP contribution in [-0.4, -0.2) is 42.5 Å². The molecule has 0 aromatic heterocycles. The van der Waals surface area contributed by atoms with Crippen LogP contribution in [-0.2, 0) is 4.79 Å². The fraction of sp³-hybridized carbons (Fsp3) is 0.933. The van der Waals surface area contributed by atoms with E-state index in [9.17, 15) is 4.79 Å². The summed E-state index contributed by atoms with van der Waals surface area (Å²) in [6.07, 6.45) is 3.64. The van der Waals surface area contributed by atoms with E-state index in [1.807, 2.05) is 13.8 Å². The maximum Gasteiger partial charge on any atom is 0.234 e. The Kier molecular flexibility index (Phi) is 6.80. The number of nitrogens with one attached hydrogen (secondary N) is 1. The minimum absolute atomic E-state index is 0.130. The molecule has 0 heterocycles. The summed E-state index contributed by atoms with van der Waals surface area (Å²) in [5.74, 6) is 1.42. The Morgan fingerprint density at radius 2 is 2.11 bits per heavy atom. The maximum atomic E-state index is 12.0. The van der Waals surface area contributed by atoms with Crippen LogP contribution in [0.1, 0.15) is 47.0 Å². The molecule has 0 spiro atoms. The average Bonchev–Trinajstić information content (AvgIpc) is 2.35. The quantitative estimate of drug-likeness (QED) is 0.770. The number of nitrogens with two attached hydrogens (primary N) is 1. The standard InChI is InChI=1S/C15H31N3O/c1-5-18(10-15(19)17-11(2)3)14-8-12(4)6-7-13(14)9-16/h11-14H,5-10,16H2,1-4H3,(H,17,19). The molecular formula is C15H31N3O. The second-order valence-corrected chi connectivity index (χ2v) is 6.27. The normalized spacial score (nSPS) is 27.8. The van der Waals surface area contributed by atoms with Gasteiger partial charge >= 0.3 is 0 Å². The summed E-state index contributed by atoms with van der Waals surface area (Å²) in [4.78, 5) is 14.3. The summed E-state index contributed by atoms with van der Waals surface area (Å²) in [6, 6.07) is 0.679. The van der Waals surface area contributed by atoms with Gasteiger partial charge < -0.3 is 11.1 Å². The molecule has 3 N–H and O–H groups in total. The van der Waals surface area contributed by atoms with Crippen molar-refractivity contribution >= 4 is 5.91 Å². The Hall–Kier alpha value is -0.610. The van der Waals surface area contributed by atoms with Crippen LogP contribution in [0, 0.1) is 11.8 Å². The first-order chi connectivity index (χ1) is 8.97. The van der Waals surface area contributed by atoms with E-state index in [4.69, 9.17) is 5.73 Å². The van der Waals surface area contributed by atoms with Crippen LogP contribution in [0.5, 0.6) is 0 Å². The minimum Gasteiger partial charge on any atom is -0.353 e. The van der Waals surface area contributed by atoms with E-state index in [1.165, 1.54) is 19.3 Å². The number of likely N-dealkylation sites (N-methyl/N-ethyl adjacent to an activating group) is 1. The summed E-state index contributed by atoms with van der Waals surface area (Å²) in [6.45, 7) is 10.6. The van der Waals surface area contributed by atoms with Gasteiger partial charge in [-0.2, -0.15) is 0 Å². The fourth-order valence-electron chi connectivity index (χ4n) is 3.15. The van der Waals surface area contributed by atoms with Gasteiger partial charge in [0.05, 0.1) is 6.54 Å². The number of amides is 1. The van der Waals surface area contributed by atoms with E-state index >= 15 is 0 Å². The van der Waals surface area contributed by atoms with E-state index in [2.05, 4.69) is 24.1 Å². The minimum atomic E-state index is 0.130. The van der Waals surface area contributed by atoms with E-state index in [0.29, 0.717) is 18.5 Å². The van der Waals surface area contributed by atoms with Gasteiger partial charge in [0.15, 0.2) is 0 Å². The molecule has 1 aliphatic rings. The molecule has 0 saturated heterocycles. The van der Waals surface area contributed by atoms with Crippen molar-refractivity contribution in [3.63, 3.8) is 0 Å². The molecule has 112 valence electrons. The monoisotopic (exact) mass is 269 g/mol. The van der Waals surface area contributed by atoms with E-state index in [0.717, 1.165) is 19.0 Å². The Morgan fingerprint density at radius 1 is 1.42 bits per heavy atom.